The van der Waals surface area contributed by atoms with Crippen LogP contribution in [0.1, 0.15) is 44.5 Å². The van der Waals surface area contributed by atoms with Gasteiger partial charge in [-0.1, -0.05) is 20.8 Å². The molecule has 0 aromatic heterocycles. The number of carbonyl (C=O) groups excluding carboxylic acids is 1. The summed E-state index contributed by atoms with van der Waals surface area (Å²) >= 11 is 0. The Bertz CT molecular complexity index is 415. The van der Waals surface area contributed by atoms with Gasteiger partial charge in [0.1, 0.15) is 0 Å². The van der Waals surface area contributed by atoms with Crippen LogP contribution in [-0.2, 0) is 4.74 Å². The van der Waals surface area contributed by atoms with Crippen LogP contribution in [0.3, 0.4) is 0 Å². The monoisotopic (exact) mass is 292 g/mol. The molecule has 2 N–H and O–H groups in total. The Hall–Kier alpha value is -1.55. The van der Waals surface area contributed by atoms with Gasteiger partial charge in [0.05, 0.1) is 12.6 Å². The first-order chi connectivity index (χ1) is 10.1. The van der Waals surface area contributed by atoms with E-state index in [1.54, 1.807) is 0 Å². The maximum absolute atomic E-state index is 12.3. The summed E-state index contributed by atoms with van der Waals surface area (Å²) in [5.41, 5.74) is 1.72. The lowest BCUT2D eigenvalue weighted by atomic mass is 10.0. The van der Waals surface area contributed by atoms with Gasteiger partial charge >= 0.3 is 0 Å². The summed E-state index contributed by atoms with van der Waals surface area (Å²) < 4.78 is 5.43. The Balaban J connectivity index is 2.60. The molecule has 1 aromatic carbocycles. The van der Waals surface area contributed by atoms with Crippen LogP contribution < -0.4 is 10.6 Å². The second kappa shape index (κ2) is 9.40. The fraction of sp³-hybridized carbons (Fsp3) is 0.588. The van der Waals surface area contributed by atoms with Gasteiger partial charge < -0.3 is 15.4 Å². The standard InChI is InChI=1S/C17H28N2O2/c1-5-11-18-15-9-7-14(8-10-15)17(20)19-16(13(3)4)12-21-6-2/h7-10,13,16,18H,5-6,11-12H2,1-4H3,(H,19,20). The van der Waals surface area contributed by atoms with Crippen molar-refractivity contribution in [2.24, 2.45) is 5.92 Å². The van der Waals surface area contributed by atoms with Crippen LogP contribution >= 0.6 is 0 Å². The Labute approximate surface area is 128 Å². The van der Waals surface area contributed by atoms with Gasteiger partial charge in [-0.15, -0.1) is 0 Å². The number of hydrogen-bond donors (Lipinski definition) is 2. The first kappa shape index (κ1) is 17.5. The van der Waals surface area contributed by atoms with E-state index in [1.807, 2.05) is 31.2 Å². The molecule has 1 atom stereocenters. The summed E-state index contributed by atoms with van der Waals surface area (Å²) in [6, 6.07) is 7.63. The molecule has 21 heavy (non-hydrogen) atoms. The van der Waals surface area contributed by atoms with Crippen LogP contribution in [0.25, 0.3) is 0 Å². The van der Waals surface area contributed by atoms with Crippen LogP contribution in [0.2, 0.25) is 0 Å². The van der Waals surface area contributed by atoms with Crippen LogP contribution in [0.4, 0.5) is 5.69 Å². The highest BCUT2D eigenvalue weighted by Gasteiger charge is 2.17. The van der Waals surface area contributed by atoms with E-state index in [9.17, 15) is 4.79 Å². The van der Waals surface area contributed by atoms with Crippen molar-refractivity contribution in [1.82, 2.24) is 5.32 Å². The topological polar surface area (TPSA) is 50.4 Å². The molecule has 0 bridgehead atoms. The molecule has 0 aliphatic carbocycles. The van der Waals surface area contributed by atoms with Gasteiger partial charge in [0.15, 0.2) is 0 Å². The number of carbonyl (C=O) groups is 1. The Morgan fingerprint density at radius 2 is 1.86 bits per heavy atom. The minimum absolute atomic E-state index is 0.0374. The van der Waals surface area contributed by atoms with Crippen LogP contribution in [0, 0.1) is 5.92 Å². The number of hydrogen-bond acceptors (Lipinski definition) is 3. The molecule has 0 radical (unpaired) electrons. The number of anilines is 1. The van der Waals surface area contributed by atoms with Crippen LogP contribution in [0.15, 0.2) is 24.3 Å². The Morgan fingerprint density at radius 3 is 2.38 bits per heavy atom. The lowest BCUT2D eigenvalue weighted by Crippen LogP contribution is -2.41. The summed E-state index contributed by atoms with van der Waals surface area (Å²) in [4.78, 5) is 12.3. The molecule has 118 valence electrons. The van der Waals surface area contributed by atoms with Gasteiger partial charge in [-0.2, -0.15) is 0 Å². The van der Waals surface area contributed by atoms with E-state index in [-0.39, 0.29) is 11.9 Å². The fourth-order valence-electron chi connectivity index (χ4n) is 1.91. The molecule has 4 nitrogen and oxygen atoms in total. The summed E-state index contributed by atoms with van der Waals surface area (Å²) in [6.07, 6.45) is 1.08. The van der Waals surface area contributed by atoms with E-state index in [4.69, 9.17) is 4.74 Å². The summed E-state index contributed by atoms with van der Waals surface area (Å²) in [5.74, 6) is 0.293. The first-order valence-electron chi connectivity index (χ1n) is 7.81. The molecule has 0 heterocycles. The molecule has 0 saturated carbocycles. The van der Waals surface area contributed by atoms with E-state index in [0.29, 0.717) is 24.7 Å². The van der Waals surface area contributed by atoms with Gasteiger partial charge in [-0.3, -0.25) is 4.79 Å². The highest BCUT2D eigenvalue weighted by Crippen LogP contribution is 2.11. The summed E-state index contributed by atoms with van der Waals surface area (Å²) in [7, 11) is 0. The van der Waals surface area contributed by atoms with E-state index in [0.717, 1.165) is 18.7 Å². The zero-order valence-corrected chi connectivity index (χ0v) is 13.6. The molecule has 0 aliphatic rings. The molecule has 0 spiro atoms. The minimum atomic E-state index is -0.0459. The molecular formula is C17H28N2O2. The summed E-state index contributed by atoms with van der Waals surface area (Å²) in [5, 5.41) is 6.34. The van der Waals surface area contributed by atoms with Crippen LogP contribution in [0.5, 0.6) is 0 Å². The maximum Gasteiger partial charge on any atom is 0.251 e. The molecule has 1 aromatic rings. The average molecular weight is 292 g/mol. The maximum atomic E-state index is 12.3. The molecule has 0 fully saturated rings. The molecule has 1 unspecified atom stereocenters. The first-order valence-corrected chi connectivity index (χ1v) is 7.81. The predicted octanol–water partition coefficient (Wildman–Crippen LogP) is 3.30. The molecule has 0 aliphatic heterocycles. The van der Waals surface area contributed by atoms with E-state index < -0.39 is 0 Å². The minimum Gasteiger partial charge on any atom is -0.385 e. The number of rotatable bonds is 9. The Kier molecular flexibility index (Phi) is 7.83. The van der Waals surface area contributed by atoms with E-state index in [1.165, 1.54) is 0 Å². The third-order valence-electron chi connectivity index (χ3n) is 3.35. The van der Waals surface area contributed by atoms with Crippen molar-refractivity contribution in [3.63, 3.8) is 0 Å². The molecule has 0 saturated heterocycles. The van der Waals surface area contributed by atoms with Crippen molar-refractivity contribution in [2.75, 3.05) is 25.1 Å². The zero-order chi connectivity index (χ0) is 15.7. The predicted molar refractivity (Wildman–Crippen MR) is 87.8 cm³/mol. The van der Waals surface area contributed by atoms with Crippen molar-refractivity contribution >= 4 is 11.6 Å². The van der Waals surface area contributed by atoms with Crippen molar-refractivity contribution < 1.29 is 9.53 Å². The lowest BCUT2D eigenvalue weighted by Gasteiger charge is -2.22. The fourth-order valence-corrected chi connectivity index (χ4v) is 1.91. The molecule has 4 heteroatoms. The van der Waals surface area contributed by atoms with Crippen molar-refractivity contribution in [3.05, 3.63) is 29.8 Å². The smallest absolute Gasteiger partial charge is 0.251 e. The lowest BCUT2D eigenvalue weighted by molar-refractivity contribution is 0.0806. The van der Waals surface area contributed by atoms with Gasteiger partial charge in [0, 0.05) is 24.4 Å². The molecule has 1 amide bonds. The second-order valence-electron chi connectivity index (χ2n) is 5.49. The van der Waals surface area contributed by atoms with Gasteiger partial charge in [0.25, 0.3) is 5.91 Å². The van der Waals surface area contributed by atoms with Gasteiger partial charge in [-0.05, 0) is 43.5 Å². The summed E-state index contributed by atoms with van der Waals surface area (Å²) in [6.45, 7) is 10.4. The van der Waals surface area contributed by atoms with Crippen LogP contribution in [-0.4, -0.2) is 31.7 Å². The highest BCUT2D eigenvalue weighted by molar-refractivity contribution is 5.94. The van der Waals surface area contributed by atoms with Crippen molar-refractivity contribution in [3.8, 4) is 0 Å². The van der Waals surface area contributed by atoms with E-state index in [2.05, 4.69) is 31.4 Å². The normalized spacial score (nSPS) is 12.2. The zero-order valence-electron chi connectivity index (χ0n) is 13.6. The van der Waals surface area contributed by atoms with E-state index >= 15 is 0 Å². The molecule has 1 rings (SSSR count). The van der Waals surface area contributed by atoms with Crippen molar-refractivity contribution in [1.29, 1.82) is 0 Å². The second-order valence-corrected chi connectivity index (χ2v) is 5.49. The van der Waals surface area contributed by atoms with Gasteiger partial charge in [0.2, 0.25) is 0 Å². The Morgan fingerprint density at radius 1 is 1.19 bits per heavy atom. The number of benzene rings is 1. The largest absolute Gasteiger partial charge is 0.385 e. The third kappa shape index (κ3) is 6.17. The molecular weight excluding hydrogens is 264 g/mol. The average Bonchev–Trinajstić information content (AvgIpc) is 2.49. The number of amides is 1. The number of ether oxygens (including phenoxy) is 1. The van der Waals surface area contributed by atoms with Gasteiger partial charge in [-0.25, -0.2) is 0 Å². The number of nitrogens with one attached hydrogen (secondary N) is 2. The highest BCUT2D eigenvalue weighted by atomic mass is 16.5. The quantitative estimate of drug-likeness (QED) is 0.734. The third-order valence-corrected chi connectivity index (χ3v) is 3.35. The SMILES string of the molecule is CCCNc1ccc(C(=O)NC(COCC)C(C)C)cc1. The van der Waals surface area contributed by atoms with Crippen molar-refractivity contribution in [2.45, 2.75) is 40.2 Å².